The summed E-state index contributed by atoms with van der Waals surface area (Å²) in [5.41, 5.74) is 5.19. The Morgan fingerprint density at radius 2 is 1.91 bits per heavy atom. The lowest BCUT2D eigenvalue weighted by Crippen LogP contribution is -2.34. The van der Waals surface area contributed by atoms with Crippen LogP contribution in [-0.2, 0) is 6.54 Å². The van der Waals surface area contributed by atoms with Crippen LogP contribution in [0.15, 0.2) is 42.5 Å². The number of carbonyl (C=O) groups excluding carboxylic acids is 1. The second-order valence-electron chi connectivity index (χ2n) is 6.01. The minimum Gasteiger partial charge on any atom is -0.374 e. The number of fused-ring (bicyclic) bond motifs is 1. The number of hydrogen-bond donors (Lipinski definition) is 1. The average Bonchev–Trinajstić information content (AvgIpc) is 2.63. The lowest BCUT2D eigenvalue weighted by atomic mass is 10.0. The molecule has 114 valence electrons. The smallest absolute Gasteiger partial charge is 0.165 e. The predicted octanol–water partition coefficient (Wildman–Crippen LogP) is 3.60. The van der Waals surface area contributed by atoms with Gasteiger partial charge in [0, 0.05) is 24.2 Å². The average molecular weight is 295 g/mol. The van der Waals surface area contributed by atoms with Gasteiger partial charge in [-0.3, -0.25) is 4.79 Å². The first kappa shape index (κ1) is 14.8. The SMILES string of the molecule is Cc1ccc(CN2c3ccccc3C(=O)CCC2O)cc1C. The van der Waals surface area contributed by atoms with E-state index in [1.54, 1.807) is 0 Å². The zero-order chi connectivity index (χ0) is 15.7. The topological polar surface area (TPSA) is 40.5 Å². The van der Waals surface area contributed by atoms with E-state index >= 15 is 0 Å². The molecule has 1 atom stereocenters. The summed E-state index contributed by atoms with van der Waals surface area (Å²) in [5.74, 6) is 0.109. The summed E-state index contributed by atoms with van der Waals surface area (Å²) in [6.45, 7) is 4.79. The zero-order valence-corrected chi connectivity index (χ0v) is 13.0. The maximum Gasteiger partial charge on any atom is 0.165 e. The summed E-state index contributed by atoms with van der Waals surface area (Å²) < 4.78 is 0. The highest BCUT2D eigenvalue weighted by atomic mass is 16.3. The number of ketones is 1. The maximum atomic E-state index is 12.2. The van der Waals surface area contributed by atoms with Crippen molar-refractivity contribution in [3.63, 3.8) is 0 Å². The van der Waals surface area contributed by atoms with E-state index < -0.39 is 6.23 Å². The van der Waals surface area contributed by atoms with Gasteiger partial charge in [0.05, 0.1) is 0 Å². The van der Waals surface area contributed by atoms with E-state index in [9.17, 15) is 9.90 Å². The van der Waals surface area contributed by atoms with Crippen LogP contribution in [0.25, 0.3) is 0 Å². The molecule has 2 aromatic rings. The summed E-state index contributed by atoms with van der Waals surface area (Å²) >= 11 is 0. The highest BCUT2D eigenvalue weighted by molar-refractivity contribution is 6.02. The third-order valence-electron chi connectivity index (χ3n) is 4.43. The maximum absolute atomic E-state index is 12.2. The number of aliphatic hydroxyl groups excluding tert-OH is 1. The third kappa shape index (κ3) is 2.77. The summed E-state index contributed by atoms with van der Waals surface area (Å²) in [4.78, 5) is 14.1. The van der Waals surface area contributed by atoms with Crippen LogP contribution < -0.4 is 4.90 Å². The number of aliphatic hydroxyl groups is 1. The van der Waals surface area contributed by atoms with Gasteiger partial charge in [-0.1, -0.05) is 30.3 Å². The van der Waals surface area contributed by atoms with E-state index in [-0.39, 0.29) is 5.78 Å². The van der Waals surface area contributed by atoms with Crippen molar-refractivity contribution in [2.75, 3.05) is 4.90 Å². The monoisotopic (exact) mass is 295 g/mol. The number of anilines is 1. The van der Waals surface area contributed by atoms with Crippen molar-refractivity contribution in [1.29, 1.82) is 0 Å². The Labute approximate surface area is 131 Å². The van der Waals surface area contributed by atoms with Gasteiger partial charge in [0.25, 0.3) is 0 Å². The minimum atomic E-state index is -0.630. The first-order valence-corrected chi connectivity index (χ1v) is 7.69. The van der Waals surface area contributed by atoms with Crippen LogP contribution in [-0.4, -0.2) is 17.1 Å². The van der Waals surface area contributed by atoms with Crippen LogP contribution in [0.2, 0.25) is 0 Å². The van der Waals surface area contributed by atoms with Gasteiger partial charge in [-0.15, -0.1) is 0 Å². The Morgan fingerprint density at radius 1 is 1.14 bits per heavy atom. The molecule has 3 nitrogen and oxygen atoms in total. The molecule has 1 heterocycles. The molecule has 3 rings (SSSR count). The van der Waals surface area contributed by atoms with Crippen molar-refractivity contribution in [2.24, 2.45) is 0 Å². The summed E-state index contributed by atoms with van der Waals surface area (Å²) in [6, 6.07) is 13.9. The fraction of sp³-hybridized carbons (Fsp3) is 0.316. The molecule has 0 saturated heterocycles. The molecule has 2 aromatic carbocycles. The molecule has 0 bridgehead atoms. The molecular weight excluding hydrogens is 274 g/mol. The molecule has 3 heteroatoms. The van der Waals surface area contributed by atoms with E-state index in [0.29, 0.717) is 24.9 Å². The Bertz CT molecular complexity index is 708. The normalized spacial score (nSPS) is 18.0. The van der Waals surface area contributed by atoms with E-state index in [1.165, 1.54) is 11.1 Å². The number of benzene rings is 2. The molecule has 1 unspecified atom stereocenters. The molecule has 22 heavy (non-hydrogen) atoms. The molecule has 0 fully saturated rings. The number of carbonyl (C=O) groups is 1. The quantitative estimate of drug-likeness (QED) is 0.920. The van der Waals surface area contributed by atoms with Gasteiger partial charge in [0.15, 0.2) is 5.78 Å². The van der Waals surface area contributed by atoms with Crippen molar-refractivity contribution in [3.05, 3.63) is 64.7 Å². The number of hydrogen-bond acceptors (Lipinski definition) is 3. The molecule has 1 aliphatic rings. The Balaban J connectivity index is 1.98. The zero-order valence-electron chi connectivity index (χ0n) is 13.0. The fourth-order valence-corrected chi connectivity index (χ4v) is 2.96. The Kier molecular flexibility index (Phi) is 3.99. The van der Waals surface area contributed by atoms with E-state index in [2.05, 4.69) is 32.0 Å². The minimum absolute atomic E-state index is 0.109. The molecule has 0 saturated carbocycles. The molecule has 0 aromatic heterocycles. The number of aryl methyl sites for hydroxylation is 2. The van der Waals surface area contributed by atoms with Crippen LogP contribution in [0, 0.1) is 13.8 Å². The number of para-hydroxylation sites is 1. The summed E-state index contributed by atoms with van der Waals surface area (Å²) in [6.07, 6.45) is 0.231. The van der Waals surface area contributed by atoms with Crippen LogP contribution in [0.4, 0.5) is 5.69 Å². The van der Waals surface area contributed by atoms with Gasteiger partial charge in [-0.25, -0.2) is 0 Å². The summed E-state index contributed by atoms with van der Waals surface area (Å²) in [7, 11) is 0. The van der Waals surface area contributed by atoms with Crippen LogP contribution in [0.1, 0.15) is 39.9 Å². The predicted molar refractivity (Wildman–Crippen MR) is 88.1 cm³/mol. The van der Waals surface area contributed by atoms with E-state index in [4.69, 9.17) is 0 Å². The third-order valence-corrected chi connectivity index (χ3v) is 4.43. The Hall–Kier alpha value is -2.13. The first-order valence-electron chi connectivity index (χ1n) is 7.69. The number of nitrogens with zero attached hydrogens (tertiary/aromatic N) is 1. The van der Waals surface area contributed by atoms with Crippen LogP contribution >= 0.6 is 0 Å². The van der Waals surface area contributed by atoms with E-state index in [1.807, 2.05) is 29.2 Å². The van der Waals surface area contributed by atoms with Crippen molar-refractivity contribution in [1.82, 2.24) is 0 Å². The van der Waals surface area contributed by atoms with Crippen molar-refractivity contribution in [2.45, 2.75) is 39.5 Å². The molecule has 0 spiro atoms. The van der Waals surface area contributed by atoms with Crippen molar-refractivity contribution in [3.8, 4) is 0 Å². The Morgan fingerprint density at radius 3 is 2.68 bits per heavy atom. The largest absolute Gasteiger partial charge is 0.374 e. The lowest BCUT2D eigenvalue weighted by Gasteiger charge is -2.29. The lowest BCUT2D eigenvalue weighted by molar-refractivity contribution is 0.0952. The van der Waals surface area contributed by atoms with Gasteiger partial charge in [-0.2, -0.15) is 0 Å². The highest BCUT2D eigenvalue weighted by Crippen LogP contribution is 2.30. The van der Waals surface area contributed by atoms with Crippen molar-refractivity contribution >= 4 is 11.5 Å². The van der Waals surface area contributed by atoms with Gasteiger partial charge in [0.1, 0.15) is 6.23 Å². The molecule has 1 N–H and O–H groups in total. The van der Waals surface area contributed by atoms with Gasteiger partial charge >= 0.3 is 0 Å². The van der Waals surface area contributed by atoms with E-state index in [0.717, 1.165) is 11.3 Å². The second kappa shape index (κ2) is 5.93. The molecule has 0 radical (unpaired) electrons. The number of rotatable bonds is 2. The molecular formula is C19H21NO2. The highest BCUT2D eigenvalue weighted by Gasteiger charge is 2.26. The van der Waals surface area contributed by atoms with Crippen LogP contribution in [0.5, 0.6) is 0 Å². The first-order chi connectivity index (χ1) is 10.6. The van der Waals surface area contributed by atoms with Gasteiger partial charge < -0.3 is 10.0 Å². The molecule has 0 aliphatic carbocycles. The second-order valence-corrected chi connectivity index (χ2v) is 6.01. The summed E-state index contributed by atoms with van der Waals surface area (Å²) in [5, 5.41) is 10.5. The van der Waals surface area contributed by atoms with Gasteiger partial charge in [0.2, 0.25) is 0 Å². The number of Topliss-reactive ketones (excluding diaryl/α,β-unsaturated/α-hetero) is 1. The van der Waals surface area contributed by atoms with Crippen LogP contribution in [0.3, 0.4) is 0 Å². The standard InChI is InChI=1S/C19H21NO2/c1-13-7-8-15(11-14(13)2)12-20-17-6-4-3-5-16(17)18(21)9-10-19(20)22/h3-8,11,19,22H,9-10,12H2,1-2H3. The van der Waals surface area contributed by atoms with Crippen molar-refractivity contribution < 1.29 is 9.90 Å². The molecule has 0 amide bonds. The fourth-order valence-electron chi connectivity index (χ4n) is 2.96. The van der Waals surface area contributed by atoms with Gasteiger partial charge in [-0.05, 0) is 49.1 Å². The molecule has 1 aliphatic heterocycles.